The van der Waals surface area contributed by atoms with E-state index in [0.717, 1.165) is 24.1 Å². The Hall–Kier alpha value is -3.96. The summed E-state index contributed by atoms with van der Waals surface area (Å²) in [6.07, 6.45) is -5.43. The van der Waals surface area contributed by atoms with Crippen molar-refractivity contribution in [1.82, 2.24) is 0 Å². The van der Waals surface area contributed by atoms with Gasteiger partial charge in [0.15, 0.2) is 6.61 Å². The number of carbonyl (C=O) groups is 3. The Bertz CT molecular complexity index is 1190. The number of methoxy groups -OCH3 is 1. The molecule has 1 amide bonds. The number of aliphatic carboxylic acids is 1. The Morgan fingerprint density at radius 2 is 1.83 bits per heavy atom. The van der Waals surface area contributed by atoms with Crippen molar-refractivity contribution < 1.29 is 50.9 Å². The van der Waals surface area contributed by atoms with Gasteiger partial charge in [0.2, 0.25) is 0 Å². The molecule has 2 aromatic carbocycles. The predicted molar refractivity (Wildman–Crippen MR) is 112 cm³/mol. The fourth-order valence-corrected chi connectivity index (χ4v) is 3.54. The molecule has 0 saturated heterocycles. The second kappa shape index (κ2) is 9.72. The van der Waals surface area contributed by atoms with Crippen LogP contribution in [0, 0.1) is 0 Å². The number of benzene rings is 2. The fraction of sp³-hybridized carbons (Fsp3) is 0.261. The van der Waals surface area contributed by atoms with Crippen LogP contribution in [0.5, 0.6) is 5.75 Å². The minimum absolute atomic E-state index is 0.121. The number of amides is 1. The number of para-hydroxylation sites is 1. The molecule has 0 saturated carbocycles. The van der Waals surface area contributed by atoms with Crippen LogP contribution in [0.25, 0.3) is 5.57 Å². The summed E-state index contributed by atoms with van der Waals surface area (Å²) in [6.45, 7) is -1.57. The normalized spacial score (nSPS) is 16.3. The Kier molecular flexibility index (Phi) is 7.13. The number of rotatable bonds is 5. The third kappa shape index (κ3) is 5.58. The second-order valence-corrected chi connectivity index (χ2v) is 7.40. The van der Waals surface area contributed by atoms with E-state index in [-0.39, 0.29) is 11.3 Å². The van der Waals surface area contributed by atoms with Crippen LogP contribution < -0.4 is 9.64 Å². The van der Waals surface area contributed by atoms with E-state index in [2.05, 4.69) is 4.74 Å². The maximum absolute atomic E-state index is 15.0. The molecule has 12 heteroatoms. The molecule has 0 aliphatic carbocycles. The van der Waals surface area contributed by atoms with Gasteiger partial charge in [0.05, 0.1) is 23.9 Å². The van der Waals surface area contributed by atoms with Crippen LogP contribution in [0.1, 0.15) is 27.9 Å². The molecule has 0 bridgehead atoms. The van der Waals surface area contributed by atoms with Crippen LogP contribution >= 0.6 is 0 Å². The number of allylic oxidation sites excluding steroid dienone is 1. The van der Waals surface area contributed by atoms with E-state index in [9.17, 15) is 36.3 Å². The highest BCUT2D eigenvalue weighted by molar-refractivity contribution is 6.09. The third-order valence-electron chi connectivity index (χ3n) is 5.13. The zero-order valence-corrected chi connectivity index (χ0v) is 18.1. The van der Waals surface area contributed by atoms with E-state index >= 15 is 0 Å². The van der Waals surface area contributed by atoms with Crippen molar-refractivity contribution in [3.05, 3.63) is 65.2 Å². The van der Waals surface area contributed by atoms with Crippen LogP contribution in [0.4, 0.5) is 27.6 Å². The number of carbonyl (C=O) groups excluding carboxylic acids is 2. The van der Waals surface area contributed by atoms with Crippen molar-refractivity contribution in [2.24, 2.45) is 0 Å². The molecule has 186 valence electrons. The Morgan fingerprint density at radius 3 is 2.46 bits per heavy atom. The van der Waals surface area contributed by atoms with Gasteiger partial charge in [-0.25, -0.2) is 18.4 Å². The number of carboxylic acid groups (broad SMARTS) is 1. The third-order valence-corrected chi connectivity index (χ3v) is 5.13. The van der Waals surface area contributed by atoms with Gasteiger partial charge in [-0.2, -0.15) is 13.2 Å². The highest BCUT2D eigenvalue weighted by Crippen LogP contribution is 2.44. The molecule has 35 heavy (non-hydrogen) atoms. The van der Waals surface area contributed by atoms with Crippen molar-refractivity contribution in [2.45, 2.75) is 18.5 Å². The first-order chi connectivity index (χ1) is 16.3. The molecule has 1 heterocycles. The zero-order valence-electron chi connectivity index (χ0n) is 18.1. The number of nitrogens with zero attached hydrogens (tertiary/aromatic N) is 1. The second-order valence-electron chi connectivity index (χ2n) is 7.40. The van der Waals surface area contributed by atoms with Gasteiger partial charge < -0.3 is 19.5 Å². The molecule has 0 spiro atoms. The Morgan fingerprint density at radius 1 is 1.14 bits per heavy atom. The lowest BCUT2D eigenvalue weighted by atomic mass is 9.97. The molecule has 0 atom stereocenters. The summed E-state index contributed by atoms with van der Waals surface area (Å²) in [4.78, 5) is 36.4. The van der Waals surface area contributed by atoms with E-state index in [1.165, 1.54) is 24.3 Å². The number of carboxylic acids is 1. The smallest absolute Gasteiger partial charge is 0.417 e. The number of alkyl halides is 5. The number of hydrogen-bond acceptors (Lipinski definition) is 5. The summed E-state index contributed by atoms with van der Waals surface area (Å²) in [7, 11) is 0.998. The first-order valence-corrected chi connectivity index (χ1v) is 10.00. The molecule has 7 nitrogen and oxygen atoms in total. The Balaban J connectivity index is 2.12. The standard InChI is InChI=1S/C23H18F5NO6/c1-34-20(32)11-16-14-4-2-3-5-18(14)29(9-8-22(16,24)25)21(33)15-7-6-13(35-12-19(30)31)10-17(15)23(26,27)28/h2-7,10-11H,8-9,12H2,1H3,(H,30,31). The van der Waals surface area contributed by atoms with Crippen LogP contribution in [0.3, 0.4) is 0 Å². The van der Waals surface area contributed by atoms with Gasteiger partial charge in [0.1, 0.15) is 5.75 Å². The van der Waals surface area contributed by atoms with Gasteiger partial charge in [-0.3, -0.25) is 4.79 Å². The lowest BCUT2D eigenvalue weighted by molar-refractivity contribution is -0.139. The molecular formula is C23H18F5NO6. The molecular weight excluding hydrogens is 481 g/mol. The first-order valence-electron chi connectivity index (χ1n) is 10.00. The maximum atomic E-state index is 15.0. The van der Waals surface area contributed by atoms with E-state index in [1.807, 2.05) is 0 Å². The fourth-order valence-electron chi connectivity index (χ4n) is 3.54. The van der Waals surface area contributed by atoms with Crippen LogP contribution in [0.2, 0.25) is 0 Å². The van der Waals surface area contributed by atoms with E-state index in [0.29, 0.717) is 12.1 Å². The summed E-state index contributed by atoms with van der Waals surface area (Å²) in [5.41, 5.74) is -3.35. The van der Waals surface area contributed by atoms with Gasteiger partial charge in [-0.05, 0) is 24.3 Å². The molecule has 1 aliphatic heterocycles. The van der Waals surface area contributed by atoms with Crippen LogP contribution in [0.15, 0.2) is 48.5 Å². The van der Waals surface area contributed by atoms with Crippen molar-refractivity contribution >= 4 is 29.1 Å². The lowest BCUT2D eigenvalue weighted by Crippen LogP contribution is -2.34. The predicted octanol–water partition coefficient (Wildman–Crippen LogP) is 4.41. The Labute approximate surface area is 195 Å². The highest BCUT2D eigenvalue weighted by Gasteiger charge is 2.43. The highest BCUT2D eigenvalue weighted by atomic mass is 19.4. The van der Waals surface area contributed by atoms with Gasteiger partial charge in [0, 0.05) is 30.2 Å². The van der Waals surface area contributed by atoms with E-state index in [4.69, 9.17) is 9.84 Å². The zero-order chi connectivity index (χ0) is 26.0. The minimum atomic E-state index is -5.04. The van der Waals surface area contributed by atoms with Crippen molar-refractivity contribution in [3.8, 4) is 5.75 Å². The van der Waals surface area contributed by atoms with Crippen molar-refractivity contribution in [2.75, 3.05) is 25.2 Å². The average molecular weight is 499 g/mol. The number of fused-ring (bicyclic) bond motifs is 1. The average Bonchev–Trinajstić information content (AvgIpc) is 2.90. The van der Waals surface area contributed by atoms with Crippen molar-refractivity contribution in [3.63, 3.8) is 0 Å². The summed E-state index contributed by atoms with van der Waals surface area (Å²) >= 11 is 0. The molecule has 0 radical (unpaired) electrons. The summed E-state index contributed by atoms with van der Waals surface area (Å²) in [5.74, 6) is -7.74. The van der Waals surface area contributed by atoms with E-state index < -0.39 is 72.0 Å². The summed E-state index contributed by atoms with van der Waals surface area (Å²) in [5, 5.41) is 8.67. The number of anilines is 1. The monoisotopic (exact) mass is 499 g/mol. The summed E-state index contributed by atoms with van der Waals surface area (Å²) in [6, 6.07) is 7.52. The molecule has 2 aromatic rings. The maximum Gasteiger partial charge on any atom is 0.417 e. The van der Waals surface area contributed by atoms with Gasteiger partial charge >= 0.3 is 18.1 Å². The first kappa shape index (κ1) is 25.7. The molecule has 0 unspecified atom stereocenters. The number of hydrogen-bond donors (Lipinski definition) is 1. The molecule has 0 fully saturated rings. The number of halogens is 5. The SMILES string of the molecule is COC(=O)C=C1c2ccccc2N(C(=O)c2ccc(OCC(=O)O)cc2C(F)(F)F)CCC1(F)F. The van der Waals surface area contributed by atoms with Crippen LogP contribution in [-0.2, 0) is 20.5 Å². The number of ether oxygens (including phenoxy) is 2. The van der Waals surface area contributed by atoms with Gasteiger partial charge in [-0.1, -0.05) is 18.2 Å². The topological polar surface area (TPSA) is 93.1 Å². The van der Waals surface area contributed by atoms with Gasteiger partial charge in [0.25, 0.3) is 11.8 Å². The van der Waals surface area contributed by atoms with E-state index in [1.54, 1.807) is 0 Å². The quantitative estimate of drug-likeness (QED) is 0.372. The van der Waals surface area contributed by atoms with Gasteiger partial charge in [-0.15, -0.1) is 0 Å². The molecule has 3 rings (SSSR count). The molecule has 0 aromatic heterocycles. The lowest BCUT2D eigenvalue weighted by Gasteiger charge is -2.24. The largest absolute Gasteiger partial charge is 0.482 e. The van der Waals surface area contributed by atoms with Crippen molar-refractivity contribution in [1.29, 1.82) is 0 Å². The van der Waals surface area contributed by atoms with Crippen LogP contribution in [-0.4, -0.2) is 49.1 Å². The summed E-state index contributed by atoms with van der Waals surface area (Å²) < 4.78 is 80.5. The molecule has 1 N–H and O–H groups in total. The number of esters is 1. The molecule has 1 aliphatic rings. The minimum Gasteiger partial charge on any atom is -0.482 e.